The fourth-order valence-electron chi connectivity index (χ4n) is 3.37. The van der Waals surface area contributed by atoms with Gasteiger partial charge in [-0.3, -0.25) is 10.1 Å². The summed E-state index contributed by atoms with van der Waals surface area (Å²) in [5, 5.41) is 7.36. The van der Waals surface area contributed by atoms with Gasteiger partial charge in [0.15, 0.2) is 5.13 Å². The van der Waals surface area contributed by atoms with E-state index < -0.39 is 11.5 Å². The Kier molecular flexibility index (Phi) is 4.57. The van der Waals surface area contributed by atoms with Crippen molar-refractivity contribution in [3.05, 3.63) is 56.9 Å². The Labute approximate surface area is 154 Å². The van der Waals surface area contributed by atoms with Crippen molar-refractivity contribution < 1.29 is 9.21 Å². The van der Waals surface area contributed by atoms with Gasteiger partial charge < -0.3 is 9.73 Å². The van der Waals surface area contributed by atoms with Crippen LogP contribution in [0, 0.1) is 6.92 Å². The molecule has 2 N–H and O–H groups in total. The molecule has 6 nitrogen and oxygen atoms in total. The van der Waals surface area contributed by atoms with Gasteiger partial charge in [0.1, 0.15) is 11.1 Å². The van der Waals surface area contributed by atoms with Crippen LogP contribution >= 0.6 is 11.3 Å². The average Bonchev–Trinajstić information content (AvgIpc) is 3.11. The molecule has 0 spiro atoms. The van der Waals surface area contributed by atoms with E-state index in [4.69, 9.17) is 4.42 Å². The summed E-state index contributed by atoms with van der Waals surface area (Å²) in [5.41, 5.74) is 0.495. The molecular formula is C19H19N3O3S. The SMILES string of the molecule is Cc1c(C(=O)Nc2ncc(C3CCNCC3)s2)c(=O)oc2ccccc12. The molecule has 3 aromatic rings. The molecule has 3 heterocycles. The molecule has 4 rings (SSSR count). The van der Waals surface area contributed by atoms with E-state index in [9.17, 15) is 9.59 Å². The van der Waals surface area contributed by atoms with Crippen LogP contribution in [0.5, 0.6) is 0 Å². The molecule has 0 saturated carbocycles. The molecule has 0 atom stereocenters. The van der Waals surface area contributed by atoms with Crippen LogP contribution in [0.4, 0.5) is 5.13 Å². The van der Waals surface area contributed by atoms with Gasteiger partial charge in [-0.05, 0) is 50.4 Å². The highest BCUT2D eigenvalue weighted by atomic mass is 32.1. The van der Waals surface area contributed by atoms with Crippen molar-refractivity contribution in [1.29, 1.82) is 0 Å². The van der Waals surface area contributed by atoms with Crippen molar-refractivity contribution >= 4 is 33.3 Å². The van der Waals surface area contributed by atoms with E-state index in [1.54, 1.807) is 19.1 Å². The van der Waals surface area contributed by atoms with Gasteiger partial charge in [0.25, 0.3) is 5.91 Å². The Morgan fingerprint density at radius 2 is 2.08 bits per heavy atom. The number of nitrogens with zero attached hydrogens (tertiary/aromatic N) is 1. The van der Waals surface area contributed by atoms with Crippen molar-refractivity contribution in [2.45, 2.75) is 25.7 Å². The Morgan fingerprint density at radius 1 is 1.31 bits per heavy atom. The zero-order valence-electron chi connectivity index (χ0n) is 14.4. The third-order valence-electron chi connectivity index (χ3n) is 4.79. The van der Waals surface area contributed by atoms with Crippen LogP contribution in [0.25, 0.3) is 11.0 Å². The van der Waals surface area contributed by atoms with Gasteiger partial charge in [-0.25, -0.2) is 9.78 Å². The van der Waals surface area contributed by atoms with Crippen molar-refractivity contribution in [2.24, 2.45) is 0 Å². The number of amides is 1. The van der Waals surface area contributed by atoms with Crippen LogP contribution < -0.4 is 16.3 Å². The van der Waals surface area contributed by atoms with Gasteiger partial charge in [0.2, 0.25) is 0 Å². The number of aromatic nitrogens is 1. The Balaban J connectivity index is 1.60. The first-order valence-electron chi connectivity index (χ1n) is 8.63. The molecule has 134 valence electrons. The van der Waals surface area contributed by atoms with Crippen LogP contribution in [0.3, 0.4) is 0 Å². The minimum Gasteiger partial charge on any atom is -0.422 e. The highest BCUT2D eigenvalue weighted by Gasteiger charge is 2.21. The van der Waals surface area contributed by atoms with Gasteiger partial charge in [0, 0.05) is 16.5 Å². The van der Waals surface area contributed by atoms with Gasteiger partial charge in [-0.1, -0.05) is 18.2 Å². The highest BCUT2D eigenvalue weighted by molar-refractivity contribution is 7.15. The smallest absolute Gasteiger partial charge is 0.349 e. The topological polar surface area (TPSA) is 84.2 Å². The van der Waals surface area contributed by atoms with Crippen molar-refractivity contribution in [2.75, 3.05) is 18.4 Å². The molecular weight excluding hydrogens is 350 g/mol. The summed E-state index contributed by atoms with van der Waals surface area (Å²) in [5.74, 6) is 0.0000837. The lowest BCUT2D eigenvalue weighted by molar-refractivity contribution is 0.102. The number of piperidine rings is 1. The predicted octanol–water partition coefficient (Wildman–Crippen LogP) is 3.28. The molecule has 1 aromatic carbocycles. The number of hydrogen-bond donors (Lipinski definition) is 2. The summed E-state index contributed by atoms with van der Waals surface area (Å²) in [6.07, 6.45) is 3.97. The lowest BCUT2D eigenvalue weighted by Gasteiger charge is -2.20. The van der Waals surface area contributed by atoms with Crippen LogP contribution in [-0.2, 0) is 0 Å². The van der Waals surface area contributed by atoms with Gasteiger partial charge in [-0.15, -0.1) is 11.3 Å². The fourth-order valence-corrected chi connectivity index (χ4v) is 4.35. The lowest BCUT2D eigenvalue weighted by atomic mass is 9.97. The van der Waals surface area contributed by atoms with Crippen LogP contribution in [0.1, 0.15) is 39.6 Å². The number of fused-ring (bicyclic) bond motifs is 1. The molecule has 1 aliphatic rings. The highest BCUT2D eigenvalue weighted by Crippen LogP contribution is 2.32. The number of anilines is 1. The summed E-state index contributed by atoms with van der Waals surface area (Å²) in [6, 6.07) is 7.20. The lowest BCUT2D eigenvalue weighted by Crippen LogP contribution is -2.26. The normalized spacial score (nSPS) is 15.3. The molecule has 1 saturated heterocycles. The summed E-state index contributed by atoms with van der Waals surface area (Å²) >= 11 is 1.47. The van der Waals surface area contributed by atoms with Gasteiger partial charge in [0.05, 0.1) is 0 Å². The van der Waals surface area contributed by atoms with Crippen LogP contribution in [0.2, 0.25) is 0 Å². The van der Waals surface area contributed by atoms with Crippen LogP contribution in [-0.4, -0.2) is 24.0 Å². The molecule has 0 aliphatic carbocycles. The molecule has 2 aromatic heterocycles. The van der Waals surface area contributed by atoms with E-state index >= 15 is 0 Å². The first kappa shape index (κ1) is 16.9. The molecule has 1 aliphatic heterocycles. The standard InChI is InChI=1S/C19H19N3O3S/c1-11-13-4-2-3-5-14(13)25-18(24)16(11)17(23)22-19-21-10-15(26-19)12-6-8-20-9-7-12/h2-5,10,12,20H,6-9H2,1H3,(H,21,22,23). The van der Waals surface area contributed by atoms with E-state index in [-0.39, 0.29) is 5.56 Å². The molecule has 26 heavy (non-hydrogen) atoms. The zero-order chi connectivity index (χ0) is 18.1. The summed E-state index contributed by atoms with van der Waals surface area (Å²) in [6.45, 7) is 3.76. The van der Waals surface area contributed by atoms with Crippen molar-refractivity contribution in [3.8, 4) is 0 Å². The molecule has 0 unspecified atom stereocenters. The Morgan fingerprint density at radius 3 is 2.88 bits per heavy atom. The fraction of sp³-hybridized carbons (Fsp3) is 0.316. The number of thiazole rings is 1. The molecule has 0 bridgehead atoms. The predicted molar refractivity (Wildman–Crippen MR) is 102 cm³/mol. The zero-order valence-corrected chi connectivity index (χ0v) is 15.2. The number of carbonyl (C=O) groups is 1. The minimum absolute atomic E-state index is 0.0299. The number of aryl methyl sites for hydroxylation is 1. The third kappa shape index (κ3) is 3.15. The van der Waals surface area contributed by atoms with E-state index in [1.165, 1.54) is 16.2 Å². The summed E-state index contributed by atoms with van der Waals surface area (Å²) < 4.78 is 5.29. The van der Waals surface area contributed by atoms with Gasteiger partial charge >= 0.3 is 5.63 Å². The number of benzene rings is 1. The van der Waals surface area contributed by atoms with E-state index in [0.717, 1.165) is 31.3 Å². The maximum absolute atomic E-state index is 12.7. The average molecular weight is 369 g/mol. The second-order valence-corrected chi connectivity index (χ2v) is 7.49. The summed E-state index contributed by atoms with van der Waals surface area (Å²) in [4.78, 5) is 30.4. The van der Waals surface area contributed by atoms with Gasteiger partial charge in [-0.2, -0.15) is 0 Å². The Bertz CT molecular complexity index is 1020. The number of para-hydroxylation sites is 1. The maximum atomic E-state index is 12.7. The van der Waals surface area contributed by atoms with E-state index in [2.05, 4.69) is 15.6 Å². The molecule has 1 amide bonds. The molecule has 7 heteroatoms. The maximum Gasteiger partial charge on any atom is 0.349 e. The van der Waals surface area contributed by atoms with Crippen molar-refractivity contribution in [3.63, 3.8) is 0 Å². The second kappa shape index (κ2) is 7.01. The van der Waals surface area contributed by atoms with Crippen LogP contribution in [0.15, 0.2) is 39.7 Å². The first-order valence-corrected chi connectivity index (χ1v) is 9.45. The number of nitrogens with one attached hydrogen (secondary N) is 2. The van der Waals surface area contributed by atoms with Crippen molar-refractivity contribution in [1.82, 2.24) is 10.3 Å². The second-order valence-electron chi connectivity index (χ2n) is 6.43. The number of carbonyl (C=O) groups excluding carboxylic acids is 1. The summed E-state index contributed by atoms with van der Waals surface area (Å²) in [7, 11) is 0. The van der Waals surface area contributed by atoms with E-state index in [1.807, 2.05) is 18.3 Å². The number of rotatable bonds is 3. The minimum atomic E-state index is -0.631. The molecule has 0 radical (unpaired) electrons. The third-order valence-corrected chi connectivity index (χ3v) is 5.86. The first-order chi connectivity index (χ1) is 12.6. The van der Waals surface area contributed by atoms with E-state index in [0.29, 0.717) is 22.2 Å². The monoisotopic (exact) mass is 369 g/mol. The molecule has 1 fully saturated rings. The Hall–Kier alpha value is -2.51. The number of hydrogen-bond acceptors (Lipinski definition) is 6. The largest absolute Gasteiger partial charge is 0.422 e. The quantitative estimate of drug-likeness (QED) is 0.692.